The Bertz CT molecular complexity index is 583. The Balaban J connectivity index is 1.48. The molecule has 0 N–H and O–H groups in total. The second-order valence-electron chi connectivity index (χ2n) is 5.41. The van der Waals surface area contributed by atoms with Crippen LogP contribution in [0.3, 0.4) is 0 Å². The van der Waals surface area contributed by atoms with E-state index in [1.165, 1.54) is 5.56 Å². The molecule has 2 aromatic rings. The van der Waals surface area contributed by atoms with E-state index in [0.29, 0.717) is 0 Å². The molecule has 1 aromatic carbocycles. The summed E-state index contributed by atoms with van der Waals surface area (Å²) in [5.74, 6) is 1.74. The lowest BCUT2D eigenvalue weighted by molar-refractivity contribution is 0.131. The fourth-order valence-corrected chi connectivity index (χ4v) is 2.51. The summed E-state index contributed by atoms with van der Waals surface area (Å²) in [5.41, 5.74) is 1.38. The molecule has 0 saturated carbocycles. The highest BCUT2D eigenvalue weighted by molar-refractivity contribution is 5.75. The van der Waals surface area contributed by atoms with Crippen LogP contribution in [0, 0.1) is 6.92 Å². The van der Waals surface area contributed by atoms with Crippen molar-refractivity contribution in [3.63, 3.8) is 0 Å². The van der Waals surface area contributed by atoms with E-state index >= 15 is 0 Å². The molecule has 4 nitrogen and oxygen atoms in total. The predicted molar refractivity (Wildman–Crippen MR) is 84.3 cm³/mol. The maximum absolute atomic E-state index is 5.49. The molecule has 3 rings (SSSR count). The van der Waals surface area contributed by atoms with E-state index in [1.54, 1.807) is 6.21 Å². The van der Waals surface area contributed by atoms with Gasteiger partial charge in [0.1, 0.15) is 11.5 Å². The van der Waals surface area contributed by atoms with E-state index in [-0.39, 0.29) is 0 Å². The largest absolute Gasteiger partial charge is 0.460 e. The molecule has 110 valence electrons. The van der Waals surface area contributed by atoms with Gasteiger partial charge in [0, 0.05) is 32.7 Å². The third kappa shape index (κ3) is 3.95. The third-order valence-corrected chi connectivity index (χ3v) is 3.71. The molecule has 0 amide bonds. The number of hydrazone groups is 1. The van der Waals surface area contributed by atoms with Gasteiger partial charge in [-0.15, -0.1) is 0 Å². The average molecular weight is 283 g/mol. The van der Waals surface area contributed by atoms with Crippen molar-refractivity contribution in [2.24, 2.45) is 5.10 Å². The van der Waals surface area contributed by atoms with Gasteiger partial charge in [-0.05, 0) is 24.6 Å². The highest BCUT2D eigenvalue weighted by Gasteiger charge is 2.15. The number of benzene rings is 1. The maximum atomic E-state index is 5.49. The number of rotatable bonds is 4. The first-order chi connectivity index (χ1) is 10.3. The molecule has 21 heavy (non-hydrogen) atoms. The van der Waals surface area contributed by atoms with Gasteiger partial charge in [0.25, 0.3) is 0 Å². The summed E-state index contributed by atoms with van der Waals surface area (Å²) in [6.07, 6.45) is 1.81. The van der Waals surface area contributed by atoms with Crippen LogP contribution < -0.4 is 0 Å². The van der Waals surface area contributed by atoms with Gasteiger partial charge in [-0.2, -0.15) is 5.10 Å². The molecule has 1 aliphatic heterocycles. The lowest BCUT2D eigenvalue weighted by Crippen LogP contribution is -2.43. The summed E-state index contributed by atoms with van der Waals surface area (Å²) in [4.78, 5) is 2.47. The zero-order valence-electron chi connectivity index (χ0n) is 12.4. The van der Waals surface area contributed by atoms with Crippen LogP contribution >= 0.6 is 0 Å². The minimum atomic E-state index is 0.819. The van der Waals surface area contributed by atoms with E-state index in [4.69, 9.17) is 4.42 Å². The molecular weight excluding hydrogens is 262 g/mol. The zero-order valence-corrected chi connectivity index (χ0v) is 12.4. The first-order valence-corrected chi connectivity index (χ1v) is 7.41. The molecule has 1 saturated heterocycles. The second-order valence-corrected chi connectivity index (χ2v) is 5.41. The molecule has 1 aliphatic rings. The molecule has 0 radical (unpaired) electrons. The van der Waals surface area contributed by atoms with E-state index in [0.717, 1.165) is 44.2 Å². The average Bonchev–Trinajstić information content (AvgIpc) is 2.93. The predicted octanol–water partition coefficient (Wildman–Crippen LogP) is 2.74. The van der Waals surface area contributed by atoms with Crippen molar-refractivity contribution in [3.8, 4) is 0 Å². The topological polar surface area (TPSA) is 32.0 Å². The zero-order chi connectivity index (χ0) is 14.5. The Morgan fingerprint density at radius 1 is 1.05 bits per heavy atom. The number of aryl methyl sites for hydroxylation is 1. The Morgan fingerprint density at radius 3 is 2.48 bits per heavy atom. The van der Waals surface area contributed by atoms with E-state index in [1.807, 2.05) is 19.1 Å². The van der Waals surface area contributed by atoms with Gasteiger partial charge in [-0.1, -0.05) is 30.3 Å². The maximum Gasteiger partial charge on any atom is 0.147 e. The SMILES string of the molecule is Cc1ccc(C=NN2CCN(Cc3ccccc3)CC2)o1. The molecule has 1 fully saturated rings. The van der Waals surface area contributed by atoms with Gasteiger partial charge in [0.15, 0.2) is 0 Å². The van der Waals surface area contributed by atoms with Crippen molar-refractivity contribution in [3.05, 3.63) is 59.5 Å². The monoisotopic (exact) mass is 283 g/mol. The van der Waals surface area contributed by atoms with Crippen LogP contribution in [0.15, 0.2) is 52.0 Å². The molecule has 0 unspecified atom stereocenters. The summed E-state index contributed by atoms with van der Waals surface area (Å²) in [7, 11) is 0. The Hall–Kier alpha value is -2.07. The van der Waals surface area contributed by atoms with E-state index in [9.17, 15) is 0 Å². The number of furan rings is 1. The minimum absolute atomic E-state index is 0.819. The minimum Gasteiger partial charge on any atom is -0.460 e. The number of nitrogens with zero attached hydrogens (tertiary/aromatic N) is 3. The molecule has 0 aliphatic carbocycles. The first kappa shape index (κ1) is 13.9. The lowest BCUT2D eigenvalue weighted by Gasteiger charge is -2.32. The summed E-state index contributed by atoms with van der Waals surface area (Å²) >= 11 is 0. The first-order valence-electron chi connectivity index (χ1n) is 7.41. The Morgan fingerprint density at radius 2 is 1.81 bits per heavy atom. The molecule has 1 aromatic heterocycles. The number of hydrogen-bond acceptors (Lipinski definition) is 4. The van der Waals surface area contributed by atoms with E-state index in [2.05, 4.69) is 45.3 Å². The van der Waals surface area contributed by atoms with E-state index < -0.39 is 0 Å². The van der Waals surface area contributed by atoms with Crippen LogP contribution in [-0.2, 0) is 6.54 Å². The molecular formula is C17H21N3O. The fourth-order valence-electron chi connectivity index (χ4n) is 2.51. The Labute approximate surface area is 125 Å². The van der Waals surface area contributed by atoms with Gasteiger partial charge < -0.3 is 4.42 Å². The van der Waals surface area contributed by atoms with Gasteiger partial charge in [0.05, 0.1) is 6.21 Å². The van der Waals surface area contributed by atoms with Crippen LogP contribution in [0.2, 0.25) is 0 Å². The van der Waals surface area contributed by atoms with Gasteiger partial charge >= 0.3 is 0 Å². The van der Waals surface area contributed by atoms with Gasteiger partial charge in [0.2, 0.25) is 0 Å². The summed E-state index contributed by atoms with van der Waals surface area (Å²) in [6.45, 7) is 6.98. The van der Waals surface area contributed by atoms with Crippen LogP contribution in [0.25, 0.3) is 0 Å². The molecule has 4 heteroatoms. The standard InChI is InChI=1S/C17H21N3O/c1-15-7-8-17(21-15)13-18-20-11-9-19(10-12-20)14-16-5-3-2-4-6-16/h2-8,13H,9-12,14H2,1H3. The highest BCUT2D eigenvalue weighted by atomic mass is 16.3. The van der Waals surface area contributed by atoms with Crippen molar-refractivity contribution < 1.29 is 4.42 Å². The Kier molecular flexibility index (Phi) is 4.36. The number of piperazine rings is 1. The summed E-state index contributed by atoms with van der Waals surface area (Å²) < 4.78 is 5.49. The molecule has 0 spiro atoms. The fraction of sp³-hybridized carbons (Fsp3) is 0.353. The molecule has 0 atom stereocenters. The van der Waals surface area contributed by atoms with Crippen molar-refractivity contribution in [2.45, 2.75) is 13.5 Å². The van der Waals surface area contributed by atoms with Crippen LogP contribution in [-0.4, -0.2) is 42.3 Å². The highest BCUT2D eigenvalue weighted by Crippen LogP contribution is 2.09. The quantitative estimate of drug-likeness (QED) is 0.809. The lowest BCUT2D eigenvalue weighted by atomic mass is 10.2. The smallest absolute Gasteiger partial charge is 0.147 e. The van der Waals surface area contributed by atoms with Crippen molar-refractivity contribution >= 4 is 6.21 Å². The summed E-state index contributed by atoms with van der Waals surface area (Å²) in [5, 5.41) is 6.61. The van der Waals surface area contributed by atoms with Crippen molar-refractivity contribution in [2.75, 3.05) is 26.2 Å². The van der Waals surface area contributed by atoms with Gasteiger partial charge in [-0.3, -0.25) is 9.91 Å². The molecule has 0 bridgehead atoms. The van der Waals surface area contributed by atoms with Crippen molar-refractivity contribution in [1.82, 2.24) is 9.91 Å². The van der Waals surface area contributed by atoms with Crippen molar-refractivity contribution in [1.29, 1.82) is 0 Å². The summed E-state index contributed by atoms with van der Waals surface area (Å²) in [6, 6.07) is 14.5. The number of hydrogen-bond donors (Lipinski definition) is 0. The van der Waals surface area contributed by atoms with Crippen LogP contribution in [0.4, 0.5) is 0 Å². The third-order valence-electron chi connectivity index (χ3n) is 3.71. The van der Waals surface area contributed by atoms with Gasteiger partial charge in [-0.25, -0.2) is 0 Å². The van der Waals surface area contributed by atoms with Crippen LogP contribution in [0.1, 0.15) is 17.1 Å². The normalized spacial score (nSPS) is 16.7. The van der Waals surface area contributed by atoms with Crippen LogP contribution in [0.5, 0.6) is 0 Å². The molecule has 2 heterocycles. The second kappa shape index (κ2) is 6.59.